The van der Waals surface area contributed by atoms with Gasteiger partial charge in [0.2, 0.25) is 0 Å². The van der Waals surface area contributed by atoms with E-state index in [-0.39, 0.29) is 24.1 Å². The lowest BCUT2D eigenvalue weighted by molar-refractivity contribution is -0.138. The summed E-state index contributed by atoms with van der Waals surface area (Å²) in [6.45, 7) is 1.91. The second-order valence-electron chi connectivity index (χ2n) is 6.16. The van der Waals surface area contributed by atoms with Crippen molar-refractivity contribution in [2.75, 3.05) is 12.1 Å². The van der Waals surface area contributed by atoms with Crippen LogP contribution in [0.1, 0.15) is 24.9 Å². The van der Waals surface area contributed by atoms with Gasteiger partial charge in [0.05, 0.1) is 11.7 Å². The Kier molecular flexibility index (Phi) is 4.97. The van der Waals surface area contributed by atoms with Crippen molar-refractivity contribution in [3.8, 4) is 0 Å². The molecule has 0 aliphatic carbocycles. The number of nitrogens with zero attached hydrogens (tertiary/aromatic N) is 4. The zero-order valence-electron chi connectivity index (χ0n) is 14.6. The lowest BCUT2D eigenvalue weighted by Crippen LogP contribution is -2.37. The van der Waals surface area contributed by atoms with E-state index >= 15 is 0 Å². The third-order valence-electron chi connectivity index (χ3n) is 4.55. The van der Waals surface area contributed by atoms with Crippen LogP contribution in [0.5, 0.6) is 0 Å². The van der Waals surface area contributed by atoms with Crippen molar-refractivity contribution in [1.82, 2.24) is 9.88 Å². The quantitative estimate of drug-likeness (QED) is 0.892. The SMILES string of the molecule is CC(c1ccncc1)N(C)C(=O)C1=NN(c2ccccc2)C(C(=O)O)C1. The van der Waals surface area contributed by atoms with Crippen molar-refractivity contribution in [2.45, 2.75) is 25.4 Å². The summed E-state index contributed by atoms with van der Waals surface area (Å²) in [6.07, 6.45) is 3.42. The Morgan fingerprint density at radius 1 is 1.19 bits per heavy atom. The molecule has 2 aromatic rings. The Morgan fingerprint density at radius 2 is 1.85 bits per heavy atom. The minimum Gasteiger partial charge on any atom is -0.480 e. The molecule has 2 unspecified atom stereocenters. The molecule has 1 amide bonds. The number of hydrogen-bond donors (Lipinski definition) is 1. The van der Waals surface area contributed by atoms with Gasteiger partial charge in [0.25, 0.3) is 5.91 Å². The molecule has 1 aliphatic heterocycles. The van der Waals surface area contributed by atoms with E-state index in [1.165, 1.54) is 5.01 Å². The Hall–Kier alpha value is -3.22. The predicted molar refractivity (Wildman–Crippen MR) is 97.8 cm³/mol. The van der Waals surface area contributed by atoms with Crippen molar-refractivity contribution < 1.29 is 14.7 Å². The average molecular weight is 352 g/mol. The van der Waals surface area contributed by atoms with Gasteiger partial charge in [-0.2, -0.15) is 5.10 Å². The number of para-hydroxylation sites is 1. The number of carboxylic acid groups (broad SMARTS) is 1. The highest BCUT2D eigenvalue weighted by Crippen LogP contribution is 2.26. The summed E-state index contributed by atoms with van der Waals surface area (Å²) in [5.74, 6) is -1.29. The van der Waals surface area contributed by atoms with E-state index in [1.54, 1.807) is 48.6 Å². The summed E-state index contributed by atoms with van der Waals surface area (Å²) < 4.78 is 0. The van der Waals surface area contributed by atoms with Gasteiger partial charge in [-0.1, -0.05) is 18.2 Å². The molecule has 1 aromatic heterocycles. The Balaban J connectivity index is 1.83. The van der Waals surface area contributed by atoms with Gasteiger partial charge in [0, 0.05) is 25.9 Å². The number of anilines is 1. The number of hydrazone groups is 1. The molecule has 1 N–H and O–H groups in total. The second-order valence-corrected chi connectivity index (χ2v) is 6.16. The van der Waals surface area contributed by atoms with Crippen LogP contribution in [0.3, 0.4) is 0 Å². The first-order valence-electron chi connectivity index (χ1n) is 8.30. The van der Waals surface area contributed by atoms with Gasteiger partial charge in [0.1, 0.15) is 5.71 Å². The van der Waals surface area contributed by atoms with E-state index in [9.17, 15) is 14.7 Å². The smallest absolute Gasteiger partial charge is 0.328 e. The number of aromatic nitrogens is 1. The fourth-order valence-corrected chi connectivity index (χ4v) is 2.90. The zero-order valence-corrected chi connectivity index (χ0v) is 14.6. The highest BCUT2D eigenvalue weighted by molar-refractivity contribution is 6.40. The van der Waals surface area contributed by atoms with Crippen molar-refractivity contribution in [2.24, 2.45) is 5.10 Å². The van der Waals surface area contributed by atoms with Crippen molar-refractivity contribution >= 4 is 23.3 Å². The number of carboxylic acids is 1. The van der Waals surface area contributed by atoms with E-state index in [2.05, 4.69) is 10.1 Å². The Labute approximate surface area is 151 Å². The summed E-state index contributed by atoms with van der Waals surface area (Å²) in [5.41, 5.74) is 1.83. The van der Waals surface area contributed by atoms with Crippen molar-refractivity contribution in [3.63, 3.8) is 0 Å². The number of amides is 1. The number of pyridine rings is 1. The highest BCUT2D eigenvalue weighted by Gasteiger charge is 2.37. The summed E-state index contributed by atoms with van der Waals surface area (Å²) in [5, 5.41) is 15.3. The Morgan fingerprint density at radius 3 is 2.46 bits per heavy atom. The van der Waals surface area contributed by atoms with Gasteiger partial charge in [-0.3, -0.25) is 14.8 Å². The minimum absolute atomic E-state index is 0.0659. The molecule has 26 heavy (non-hydrogen) atoms. The third-order valence-corrected chi connectivity index (χ3v) is 4.55. The van der Waals surface area contributed by atoms with Gasteiger partial charge in [0.15, 0.2) is 6.04 Å². The first-order valence-corrected chi connectivity index (χ1v) is 8.30. The fourth-order valence-electron chi connectivity index (χ4n) is 2.90. The fraction of sp³-hybridized carbons (Fsp3) is 0.263. The van der Waals surface area contributed by atoms with Gasteiger partial charge >= 0.3 is 5.97 Å². The van der Waals surface area contributed by atoms with Crippen LogP contribution in [0.4, 0.5) is 5.69 Å². The molecule has 0 fully saturated rings. The van der Waals surface area contributed by atoms with Crippen LogP contribution in [-0.4, -0.2) is 45.7 Å². The van der Waals surface area contributed by atoms with Crippen LogP contribution in [0.25, 0.3) is 0 Å². The van der Waals surface area contributed by atoms with Crippen LogP contribution in [-0.2, 0) is 9.59 Å². The molecule has 7 nitrogen and oxygen atoms in total. The molecule has 134 valence electrons. The van der Waals surface area contributed by atoms with Gasteiger partial charge in [-0.25, -0.2) is 4.79 Å². The predicted octanol–water partition coefficient (Wildman–Crippen LogP) is 2.32. The van der Waals surface area contributed by atoms with Crippen LogP contribution in [0, 0.1) is 0 Å². The lowest BCUT2D eigenvalue weighted by atomic mass is 10.1. The molecule has 1 aliphatic rings. The summed E-state index contributed by atoms with van der Waals surface area (Å²) in [7, 11) is 1.69. The van der Waals surface area contributed by atoms with E-state index in [1.807, 2.05) is 25.1 Å². The first-order chi connectivity index (χ1) is 12.5. The highest BCUT2D eigenvalue weighted by atomic mass is 16.4. The number of carbonyl (C=O) groups excluding carboxylic acids is 1. The van der Waals surface area contributed by atoms with Crippen molar-refractivity contribution in [3.05, 3.63) is 60.4 Å². The van der Waals surface area contributed by atoms with E-state index in [4.69, 9.17) is 0 Å². The molecule has 0 saturated heterocycles. The molecule has 0 radical (unpaired) electrons. The number of benzene rings is 1. The van der Waals surface area contributed by atoms with Crippen LogP contribution in [0.15, 0.2) is 60.0 Å². The monoisotopic (exact) mass is 352 g/mol. The molecule has 3 rings (SSSR count). The van der Waals surface area contributed by atoms with Crippen LogP contribution >= 0.6 is 0 Å². The molecular formula is C19H20N4O3. The molecule has 2 heterocycles. The average Bonchev–Trinajstić information content (AvgIpc) is 3.13. The zero-order chi connectivity index (χ0) is 18.7. The lowest BCUT2D eigenvalue weighted by Gasteiger charge is -2.25. The van der Waals surface area contributed by atoms with Crippen LogP contribution < -0.4 is 5.01 Å². The molecule has 7 heteroatoms. The number of carbonyl (C=O) groups is 2. The topological polar surface area (TPSA) is 86.1 Å². The first kappa shape index (κ1) is 17.6. The van der Waals surface area contributed by atoms with E-state index < -0.39 is 12.0 Å². The van der Waals surface area contributed by atoms with Crippen molar-refractivity contribution in [1.29, 1.82) is 0 Å². The maximum atomic E-state index is 12.9. The Bertz CT molecular complexity index is 823. The van der Waals surface area contributed by atoms with E-state index in [0.717, 1.165) is 5.56 Å². The molecule has 1 aromatic carbocycles. The van der Waals surface area contributed by atoms with Crippen LogP contribution in [0.2, 0.25) is 0 Å². The number of hydrogen-bond acceptors (Lipinski definition) is 5. The molecule has 0 bridgehead atoms. The number of aliphatic carboxylic acids is 1. The summed E-state index contributed by atoms with van der Waals surface area (Å²) in [6, 6.07) is 11.6. The normalized spacial score (nSPS) is 17.5. The maximum absolute atomic E-state index is 12.9. The third kappa shape index (κ3) is 3.42. The summed E-state index contributed by atoms with van der Waals surface area (Å²) >= 11 is 0. The standard InChI is InChI=1S/C19H20N4O3/c1-13(14-8-10-20-11-9-14)22(2)18(24)16-12-17(19(25)26)23(21-16)15-6-4-3-5-7-15/h3-11,13,17H,12H2,1-2H3,(H,25,26). The maximum Gasteiger partial charge on any atom is 0.328 e. The summed E-state index contributed by atoms with van der Waals surface area (Å²) in [4.78, 5) is 30.1. The number of rotatable bonds is 5. The van der Waals surface area contributed by atoms with Gasteiger partial charge < -0.3 is 10.0 Å². The molecular weight excluding hydrogens is 332 g/mol. The molecule has 0 saturated carbocycles. The van der Waals surface area contributed by atoms with E-state index in [0.29, 0.717) is 5.69 Å². The second kappa shape index (κ2) is 7.35. The van der Waals surface area contributed by atoms with Gasteiger partial charge in [-0.15, -0.1) is 0 Å². The largest absolute Gasteiger partial charge is 0.480 e. The molecule has 2 atom stereocenters. The minimum atomic E-state index is -1.01. The van der Waals surface area contributed by atoms with Gasteiger partial charge in [-0.05, 0) is 36.8 Å². The molecule has 0 spiro atoms.